The molecule has 4 aliphatic rings. The zero-order valence-electron chi connectivity index (χ0n) is 17.0. The molecule has 0 saturated heterocycles. The van der Waals surface area contributed by atoms with E-state index >= 15 is 0 Å². The molecule has 4 aliphatic carbocycles. The minimum Gasteiger partial charge on any atom is -0.453 e. The molecule has 3 atom stereocenters. The summed E-state index contributed by atoms with van der Waals surface area (Å²) in [4.78, 5) is 25.1. The zero-order chi connectivity index (χ0) is 22.6. The van der Waals surface area contributed by atoms with Crippen LogP contribution in [0.15, 0.2) is 18.2 Å². The summed E-state index contributed by atoms with van der Waals surface area (Å²) in [6.07, 6.45) is 1.02. The van der Waals surface area contributed by atoms with E-state index in [0.717, 1.165) is 50.3 Å². The number of esters is 1. The Morgan fingerprint density at radius 3 is 2.48 bits per heavy atom. The Morgan fingerprint density at radius 1 is 1.26 bits per heavy atom. The van der Waals surface area contributed by atoms with Crippen LogP contribution in [0.25, 0.3) is 0 Å². The van der Waals surface area contributed by atoms with Crippen LogP contribution >= 0.6 is 27.5 Å². The molecule has 0 spiro atoms. The molecule has 5 rings (SSSR count). The summed E-state index contributed by atoms with van der Waals surface area (Å²) in [6.45, 7) is 1.40. The second kappa shape index (κ2) is 7.94. The van der Waals surface area contributed by atoms with Crippen LogP contribution in [0.4, 0.5) is 18.9 Å². The largest absolute Gasteiger partial charge is 0.453 e. The first kappa shape index (κ1) is 22.9. The fourth-order valence-corrected chi connectivity index (χ4v) is 7.85. The first-order chi connectivity index (χ1) is 14.4. The van der Waals surface area contributed by atoms with Gasteiger partial charge in [-0.2, -0.15) is 13.2 Å². The van der Waals surface area contributed by atoms with Gasteiger partial charge >= 0.3 is 12.1 Å². The van der Waals surface area contributed by atoms with Crippen LogP contribution in [-0.2, 0) is 20.5 Å². The first-order valence-corrected chi connectivity index (χ1v) is 11.6. The highest BCUT2D eigenvalue weighted by Gasteiger charge is 2.57. The monoisotopic (exact) mass is 521 g/mol. The van der Waals surface area contributed by atoms with E-state index in [2.05, 4.69) is 21.2 Å². The number of carbonyl (C=O) groups is 2. The lowest BCUT2D eigenvalue weighted by molar-refractivity contribution is -0.159. The number of benzene rings is 1. The van der Waals surface area contributed by atoms with Crippen molar-refractivity contribution < 1.29 is 27.5 Å². The second-order valence-electron chi connectivity index (χ2n) is 9.60. The Balaban J connectivity index is 1.37. The summed E-state index contributed by atoms with van der Waals surface area (Å²) >= 11 is 9.83. The maximum atomic E-state index is 12.9. The van der Waals surface area contributed by atoms with Gasteiger partial charge in [-0.25, -0.2) is 0 Å². The number of carbonyl (C=O) groups excluding carboxylic acids is 2. The van der Waals surface area contributed by atoms with Crippen molar-refractivity contribution in [1.29, 1.82) is 0 Å². The summed E-state index contributed by atoms with van der Waals surface area (Å²) < 4.78 is 44.2. The molecule has 4 saturated carbocycles. The second-order valence-corrected chi connectivity index (χ2v) is 11.7. The van der Waals surface area contributed by atoms with E-state index < -0.39 is 29.7 Å². The highest BCUT2D eigenvalue weighted by molar-refractivity contribution is 9.10. The van der Waals surface area contributed by atoms with Crippen molar-refractivity contribution in [3.63, 3.8) is 0 Å². The molecule has 4 bridgehead atoms. The van der Waals surface area contributed by atoms with Gasteiger partial charge in [0.2, 0.25) is 0 Å². The SMILES string of the molecule is C[C@H](OC(=O)CC12C[C@@H]3C[C@H](CC(Br)(C3)C1)C2)C(=O)Nc1cc(C(F)(F)F)ccc1Cl. The zero-order valence-corrected chi connectivity index (χ0v) is 19.4. The Bertz CT molecular complexity index is 892. The van der Waals surface area contributed by atoms with Crippen LogP contribution in [0.2, 0.25) is 5.02 Å². The Labute approximate surface area is 192 Å². The van der Waals surface area contributed by atoms with E-state index in [-0.39, 0.29) is 26.9 Å². The highest BCUT2D eigenvalue weighted by atomic mass is 79.9. The smallest absolute Gasteiger partial charge is 0.416 e. The van der Waals surface area contributed by atoms with E-state index in [4.69, 9.17) is 16.3 Å². The maximum Gasteiger partial charge on any atom is 0.416 e. The number of hydrogen-bond acceptors (Lipinski definition) is 3. The molecule has 1 amide bonds. The minimum atomic E-state index is -4.56. The number of hydrogen-bond donors (Lipinski definition) is 1. The van der Waals surface area contributed by atoms with Crippen LogP contribution in [0.1, 0.15) is 57.4 Å². The summed E-state index contributed by atoms with van der Waals surface area (Å²) in [5.74, 6) is 0.0716. The molecule has 0 aliphatic heterocycles. The number of anilines is 1. The highest BCUT2D eigenvalue weighted by Crippen LogP contribution is 2.65. The van der Waals surface area contributed by atoms with Gasteiger partial charge in [-0.3, -0.25) is 9.59 Å². The molecule has 1 aromatic carbocycles. The molecule has 4 fully saturated rings. The van der Waals surface area contributed by atoms with Crippen molar-refractivity contribution in [2.45, 2.75) is 68.5 Å². The summed E-state index contributed by atoms with van der Waals surface area (Å²) in [6, 6.07) is 2.67. The fraction of sp³-hybridized carbons (Fsp3) is 0.636. The molecule has 1 N–H and O–H groups in total. The van der Waals surface area contributed by atoms with E-state index in [0.29, 0.717) is 11.8 Å². The van der Waals surface area contributed by atoms with Gasteiger partial charge < -0.3 is 10.1 Å². The molecule has 170 valence electrons. The summed E-state index contributed by atoms with van der Waals surface area (Å²) in [5.41, 5.74) is -1.19. The summed E-state index contributed by atoms with van der Waals surface area (Å²) in [7, 11) is 0. The standard InChI is InChI=1S/C22H24BrClF3NO3/c1-12(19(30)28-17-5-15(22(25,26)27)2-3-16(17)24)31-18(29)10-20-6-13-4-14(7-20)9-21(23,8-13)11-20/h2-3,5,12-14H,4,6-11H2,1H3,(H,28,30)/t12-,13-,14-,20?,21?/m0/s1. The molecule has 0 aromatic heterocycles. The number of amides is 1. The van der Waals surface area contributed by atoms with Crippen LogP contribution < -0.4 is 5.32 Å². The van der Waals surface area contributed by atoms with Crippen LogP contribution in [-0.4, -0.2) is 22.3 Å². The lowest BCUT2D eigenvalue weighted by atomic mass is 9.49. The van der Waals surface area contributed by atoms with Gasteiger partial charge in [-0.15, -0.1) is 0 Å². The third kappa shape index (κ3) is 4.90. The number of rotatable bonds is 5. The number of ether oxygens (including phenoxy) is 1. The molecule has 0 radical (unpaired) electrons. The van der Waals surface area contributed by atoms with Crippen molar-refractivity contribution in [2.75, 3.05) is 5.32 Å². The number of alkyl halides is 4. The van der Waals surface area contributed by atoms with Gasteiger partial charge in [0.05, 0.1) is 22.7 Å². The Kier molecular flexibility index (Phi) is 5.86. The maximum absolute atomic E-state index is 12.9. The predicted octanol–water partition coefficient (Wildman–Crippen LogP) is 6.35. The minimum absolute atomic E-state index is 0.0314. The molecular weight excluding hydrogens is 499 g/mol. The van der Waals surface area contributed by atoms with Crippen molar-refractivity contribution >= 4 is 45.1 Å². The van der Waals surface area contributed by atoms with Crippen LogP contribution in [0.5, 0.6) is 0 Å². The van der Waals surface area contributed by atoms with Gasteiger partial charge in [0.15, 0.2) is 6.10 Å². The van der Waals surface area contributed by atoms with Crippen molar-refractivity contribution in [3.05, 3.63) is 28.8 Å². The van der Waals surface area contributed by atoms with E-state index in [1.54, 1.807) is 0 Å². The third-order valence-corrected chi connectivity index (χ3v) is 8.12. The molecule has 0 unspecified atom stereocenters. The molecule has 1 aromatic rings. The lowest BCUT2D eigenvalue weighted by Gasteiger charge is -2.60. The van der Waals surface area contributed by atoms with Gasteiger partial charge in [-0.05, 0) is 80.9 Å². The molecule has 9 heteroatoms. The molecule has 0 heterocycles. The average Bonchev–Trinajstić information content (AvgIpc) is 2.59. The first-order valence-electron chi connectivity index (χ1n) is 10.4. The van der Waals surface area contributed by atoms with Crippen LogP contribution in [0.3, 0.4) is 0 Å². The molecule has 4 nitrogen and oxygen atoms in total. The normalized spacial score (nSPS) is 32.6. The Morgan fingerprint density at radius 2 is 1.90 bits per heavy atom. The lowest BCUT2D eigenvalue weighted by Crippen LogP contribution is -2.53. The van der Waals surface area contributed by atoms with E-state index in [1.807, 2.05) is 0 Å². The van der Waals surface area contributed by atoms with E-state index in [1.165, 1.54) is 13.3 Å². The topological polar surface area (TPSA) is 55.4 Å². The van der Waals surface area contributed by atoms with Crippen LogP contribution in [0, 0.1) is 17.3 Å². The predicted molar refractivity (Wildman–Crippen MR) is 114 cm³/mol. The van der Waals surface area contributed by atoms with Gasteiger partial charge in [0, 0.05) is 4.32 Å². The average molecular weight is 523 g/mol. The molecule has 31 heavy (non-hydrogen) atoms. The van der Waals surface area contributed by atoms with Crippen molar-refractivity contribution in [1.82, 2.24) is 0 Å². The van der Waals surface area contributed by atoms with Gasteiger partial charge in [-0.1, -0.05) is 27.5 Å². The van der Waals surface area contributed by atoms with Gasteiger partial charge in [0.25, 0.3) is 5.91 Å². The molecular formula is C22H24BrClF3NO3. The number of halogens is 5. The number of nitrogens with one attached hydrogen (secondary N) is 1. The van der Waals surface area contributed by atoms with Crippen molar-refractivity contribution in [2.24, 2.45) is 17.3 Å². The Hall–Kier alpha value is -1.28. The fourth-order valence-electron chi connectivity index (χ4n) is 6.17. The van der Waals surface area contributed by atoms with Crippen molar-refractivity contribution in [3.8, 4) is 0 Å². The summed E-state index contributed by atoms with van der Waals surface area (Å²) in [5, 5.41) is 2.31. The quantitative estimate of drug-likeness (QED) is 0.362. The van der Waals surface area contributed by atoms with E-state index in [9.17, 15) is 22.8 Å². The van der Waals surface area contributed by atoms with Gasteiger partial charge in [0.1, 0.15) is 0 Å². The third-order valence-electron chi connectivity index (χ3n) is 6.86.